The Morgan fingerprint density at radius 2 is 2.40 bits per heavy atom. The molecule has 5 nitrogen and oxygen atoms in total. The summed E-state index contributed by atoms with van der Waals surface area (Å²) in [5.74, 6) is 0.767. The van der Waals surface area contributed by atoms with Crippen LogP contribution in [0.5, 0.6) is 5.75 Å². The summed E-state index contributed by atoms with van der Waals surface area (Å²) in [6.45, 7) is 1.60. The number of rotatable bonds is 5. The zero-order chi connectivity index (χ0) is 14.4. The molecule has 1 aromatic rings. The highest BCUT2D eigenvalue weighted by Gasteiger charge is 2.27. The number of carbonyl (C=O) groups excluding carboxylic acids is 1. The second-order valence-electron chi connectivity index (χ2n) is 4.71. The maximum atomic E-state index is 11.9. The standard InChI is InChI=1S/C14H19BrN2O3/c15-11-3-1-5-13(9-11)20-8-6-16-14(19)17-7-2-4-12(17)10-18/h1,3,5,9,12,18H,2,4,6-8,10H2,(H,16,19)/t12-/m1/s1. The lowest BCUT2D eigenvalue weighted by Gasteiger charge is -2.23. The summed E-state index contributed by atoms with van der Waals surface area (Å²) in [6, 6.07) is 7.41. The third-order valence-electron chi connectivity index (χ3n) is 3.29. The van der Waals surface area contributed by atoms with Gasteiger partial charge in [0, 0.05) is 11.0 Å². The minimum Gasteiger partial charge on any atom is -0.492 e. The second kappa shape index (κ2) is 7.50. The number of nitrogens with one attached hydrogen (secondary N) is 1. The molecule has 1 aliphatic heterocycles. The molecule has 1 fully saturated rings. The molecule has 6 heteroatoms. The molecular weight excluding hydrogens is 324 g/mol. The Balaban J connectivity index is 1.69. The van der Waals surface area contributed by atoms with Gasteiger partial charge in [-0.2, -0.15) is 0 Å². The Labute approximate surface area is 127 Å². The van der Waals surface area contributed by atoms with E-state index in [1.165, 1.54) is 0 Å². The normalized spacial score (nSPS) is 18.1. The largest absolute Gasteiger partial charge is 0.492 e. The van der Waals surface area contributed by atoms with E-state index in [9.17, 15) is 9.90 Å². The van der Waals surface area contributed by atoms with Crippen LogP contribution in [0, 0.1) is 0 Å². The van der Waals surface area contributed by atoms with Gasteiger partial charge in [-0.05, 0) is 31.0 Å². The third kappa shape index (κ3) is 4.11. The van der Waals surface area contributed by atoms with Gasteiger partial charge in [0.2, 0.25) is 0 Å². The van der Waals surface area contributed by atoms with Crippen molar-refractivity contribution in [2.75, 3.05) is 26.3 Å². The predicted molar refractivity (Wildman–Crippen MR) is 79.8 cm³/mol. The SMILES string of the molecule is O=C(NCCOc1cccc(Br)c1)N1CCC[C@@H]1CO. The molecule has 2 rings (SSSR count). The van der Waals surface area contributed by atoms with E-state index in [-0.39, 0.29) is 18.7 Å². The quantitative estimate of drug-likeness (QED) is 0.804. The van der Waals surface area contributed by atoms with Gasteiger partial charge in [-0.25, -0.2) is 4.79 Å². The summed E-state index contributed by atoms with van der Waals surface area (Å²) in [5, 5.41) is 12.0. The first kappa shape index (κ1) is 15.1. The maximum Gasteiger partial charge on any atom is 0.317 e. The van der Waals surface area contributed by atoms with Gasteiger partial charge < -0.3 is 20.1 Å². The molecule has 20 heavy (non-hydrogen) atoms. The average molecular weight is 343 g/mol. The Morgan fingerprint density at radius 3 is 3.15 bits per heavy atom. The smallest absolute Gasteiger partial charge is 0.317 e. The van der Waals surface area contributed by atoms with Crippen LogP contribution in [0.25, 0.3) is 0 Å². The van der Waals surface area contributed by atoms with Crippen molar-refractivity contribution in [3.63, 3.8) is 0 Å². The van der Waals surface area contributed by atoms with E-state index >= 15 is 0 Å². The van der Waals surface area contributed by atoms with Crippen molar-refractivity contribution in [1.82, 2.24) is 10.2 Å². The molecule has 0 aliphatic carbocycles. The van der Waals surface area contributed by atoms with Crippen LogP contribution in [-0.4, -0.2) is 48.4 Å². The molecular formula is C14H19BrN2O3. The number of ether oxygens (including phenoxy) is 1. The Morgan fingerprint density at radius 1 is 1.55 bits per heavy atom. The highest BCUT2D eigenvalue weighted by atomic mass is 79.9. The molecule has 1 aromatic carbocycles. The van der Waals surface area contributed by atoms with Crippen LogP contribution in [0.4, 0.5) is 4.79 Å². The minimum absolute atomic E-state index is 0.0297. The van der Waals surface area contributed by atoms with Crippen LogP contribution >= 0.6 is 15.9 Å². The topological polar surface area (TPSA) is 61.8 Å². The summed E-state index contributed by atoms with van der Waals surface area (Å²) in [5.41, 5.74) is 0. The number of hydrogen-bond donors (Lipinski definition) is 2. The first-order valence-corrected chi connectivity index (χ1v) is 7.53. The van der Waals surface area contributed by atoms with E-state index in [1.807, 2.05) is 24.3 Å². The number of halogens is 1. The third-order valence-corrected chi connectivity index (χ3v) is 3.79. The molecule has 0 saturated carbocycles. The Bertz CT molecular complexity index is 456. The molecule has 1 atom stereocenters. The second-order valence-corrected chi connectivity index (χ2v) is 5.63. The molecule has 0 spiro atoms. The van der Waals surface area contributed by atoms with E-state index in [0.29, 0.717) is 19.7 Å². The number of amides is 2. The molecule has 1 aliphatic rings. The van der Waals surface area contributed by atoms with E-state index in [4.69, 9.17) is 4.74 Å². The lowest BCUT2D eigenvalue weighted by Crippen LogP contribution is -2.45. The lowest BCUT2D eigenvalue weighted by molar-refractivity contribution is 0.156. The first-order valence-electron chi connectivity index (χ1n) is 6.74. The monoisotopic (exact) mass is 342 g/mol. The highest BCUT2D eigenvalue weighted by molar-refractivity contribution is 9.10. The van der Waals surface area contributed by atoms with Gasteiger partial charge in [-0.1, -0.05) is 22.0 Å². The molecule has 0 radical (unpaired) electrons. The van der Waals surface area contributed by atoms with Crippen molar-refractivity contribution in [3.8, 4) is 5.75 Å². The molecule has 2 amide bonds. The maximum absolute atomic E-state index is 11.9. The number of aliphatic hydroxyl groups excluding tert-OH is 1. The molecule has 1 heterocycles. The van der Waals surface area contributed by atoms with Crippen LogP contribution in [0.1, 0.15) is 12.8 Å². The summed E-state index contributed by atoms with van der Waals surface area (Å²) in [7, 11) is 0. The molecule has 0 bridgehead atoms. The Kier molecular flexibility index (Phi) is 5.67. The summed E-state index contributed by atoms with van der Waals surface area (Å²) in [4.78, 5) is 13.6. The molecule has 1 saturated heterocycles. The zero-order valence-corrected chi connectivity index (χ0v) is 12.8. The average Bonchev–Trinajstić information content (AvgIpc) is 2.92. The zero-order valence-electron chi connectivity index (χ0n) is 11.2. The first-order chi connectivity index (χ1) is 9.70. The number of benzene rings is 1. The van der Waals surface area contributed by atoms with Crippen molar-refractivity contribution in [2.45, 2.75) is 18.9 Å². The highest BCUT2D eigenvalue weighted by Crippen LogP contribution is 2.18. The number of hydrogen-bond acceptors (Lipinski definition) is 3. The van der Waals surface area contributed by atoms with Crippen LogP contribution in [0.3, 0.4) is 0 Å². The minimum atomic E-state index is -0.126. The van der Waals surface area contributed by atoms with Crippen molar-refractivity contribution in [3.05, 3.63) is 28.7 Å². The van der Waals surface area contributed by atoms with Gasteiger partial charge in [0.05, 0.1) is 19.2 Å². The van der Waals surface area contributed by atoms with E-state index in [1.54, 1.807) is 4.90 Å². The molecule has 0 aromatic heterocycles. The van der Waals surface area contributed by atoms with Crippen molar-refractivity contribution in [1.29, 1.82) is 0 Å². The lowest BCUT2D eigenvalue weighted by atomic mass is 10.2. The van der Waals surface area contributed by atoms with Gasteiger partial charge in [0.25, 0.3) is 0 Å². The van der Waals surface area contributed by atoms with Crippen molar-refractivity contribution < 1.29 is 14.6 Å². The van der Waals surface area contributed by atoms with E-state index in [0.717, 1.165) is 23.1 Å². The number of likely N-dealkylation sites (tertiary alicyclic amines) is 1. The molecule has 0 unspecified atom stereocenters. The fourth-order valence-corrected chi connectivity index (χ4v) is 2.66. The summed E-state index contributed by atoms with van der Waals surface area (Å²) >= 11 is 3.37. The van der Waals surface area contributed by atoms with Crippen molar-refractivity contribution in [2.24, 2.45) is 0 Å². The van der Waals surface area contributed by atoms with Crippen LogP contribution < -0.4 is 10.1 Å². The fourth-order valence-electron chi connectivity index (χ4n) is 2.28. The van der Waals surface area contributed by atoms with Crippen molar-refractivity contribution >= 4 is 22.0 Å². The predicted octanol–water partition coefficient (Wildman–Crippen LogP) is 1.99. The van der Waals surface area contributed by atoms with Crippen LogP contribution in [-0.2, 0) is 0 Å². The number of urea groups is 1. The Hall–Kier alpha value is -1.27. The fraction of sp³-hybridized carbons (Fsp3) is 0.500. The van der Waals surface area contributed by atoms with E-state index in [2.05, 4.69) is 21.2 Å². The molecule has 2 N–H and O–H groups in total. The van der Waals surface area contributed by atoms with Gasteiger partial charge in [0.15, 0.2) is 0 Å². The molecule has 110 valence electrons. The van der Waals surface area contributed by atoms with Crippen LogP contribution in [0.2, 0.25) is 0 Å². The number of aliphatic hydroxyl groups is 1. The number of nitrogens with zero attached hydrogens (tertiary/aromatic N) is 1. The van der Waals surface area contributed by atoms with Crippen LogP contribution in [0.15, 0.2) is 28.7 Å². The van der Waals surface area contributed by atoms with Gasteiger partial charge in [-0.3, -0.25) is 0 Å². The van der Waals surface area contributed by atoms with Gasteiger partial charge in [0.1, 0.15) is 12.4 Å². The van der Waals surface area contributed by atoms with Gasteiger partial charge >= 0.3 is 6.03 Å². The van der Waals surface area contributed by atoms with Gasteiger partial charge in [-0.15, -0.1) is 0 Å². The number of carbonyl (C=O) groups is 1. The van der Waals surface area contributed by atoms with E-state index < -0.39 is 0 Å². The summed E-state index contributed by atoms with van der Waals surface area (Å²) < 4.78 is 6.50. The summed E-state index contributed by atoms with van der Waals surface area (Å²) in [6.07, 6.45) is 1.83.